The molecule has 2 heterocycles. The summed E-state index contributed by atoms with van der Waals surface area (Å²) < 4.78 is 5.57. The minimum Gasteiger partial charge on any atom is -0.444 e. The number of carbonyl (C=O) groups excluding carboxylic acids is 1. The van der Waals surface area contributed by atoms with E-state index >= 15 is 0 Å². The van der Waals surface area contributed by atoms with E-state index in [9.17, 15) is 4.79 Å². The lowest BCUT2D eigenvalue weighted by atomic mass is 10.0. The smallest absolute Gasteiger partial charge is 0.246 e. The lowest BCUT2D eigenvalue weighted by Gasteiger charge is -2.29. The van der Waals surface area contributed by atoms with Crippen molar-refractivity contribution in [2.75, 3.05) is 24.5 Å². The van der Waals surface area contributed by atoms with Crippen LogP contribution in [0.5, 0.6) is 0 Å². The first-order valence-corrected chi connectivity index (χ1v) is 10.6. The Kier molecular flexibility index (Phi) is 8.66. The minimum atomic E-state index is 0. The second kappa shape index (κ2) is 11.7. The van der Waals surface area contributed by atoms with Crippen molar-refractivity contribution in [3.63, 3.8) is 0 Å². The molecule has 0 bridgehead atoms. The molecule has 0 fully saturated rings. The zero-order valence-electron chi connectivity index (χ0n) is 18.1. The van der Waals surface area contributed by atoms with Crippen LogP contribution in [0.3, 0.4) is 0 Å². The highest BCUT2D eigenvalue weighted by Crippen LogP contribution is 2.26. The van der Waals surface area contributed by atoms with Crippen molar-refractivity contribution in [1.29, 1.82) is 0 Å². The van der Waals surface area contributed by atoms with E-state index in [0.717, 1.165) is 36.3 Å². The molecule has 2 aromatic carbocycles. The molecule has 0 radical (unpaired) electrons. The average Bonchev–Trinajstić information content (AvgIpc) is 3.30. The molecule has 8 heteroatoms. The zero-order chi connectivity index (χ0) is 21.5. The van der Waals surface area contributed by atoms with Crippen LogP contribution in [0.1, 0.15) is 24.6 Å². The number of aryl methyl sites for hydroxylation is 1. The van der Waals surface area contributed by atoms with Crippen molar-refractivity contribution in [2.24, 2.45) is 4.99 Å². The summed E-state index contributed by atoms with van der Waals surface area (Å²) in [6.45, 7) is 3.96. The quantitative estimate of drug-likeness (QED) is 0.278. The molecule has 32 heavy (non-hydrogen) atoms. The van der Waals surface area contributed by atoms with Crippen molar-refractivity contribution in [3.05, 3.63) is 72.1 Å². The molecule has 0 spiro atoms. The van der Waals surface area contributed by atoms with Crippen LogP contribution in [0, 0.1) is 0 Å². The summed E-state index contributed by atoms with van der Waals surface area (Å²) in [6, 6.07) is 17.9. The molecule has 2 N–H and O–H groups in total. The van der Waals surface area contributed by atoms with Gasteiger partial charge in [0.15, 0.2) is 5.96 Å². The van der Waals surface area contributed by atoms with Crippen LogP contribution in [0.25, 0.3) is 11.5 Å². The monoisotopic (exact) mass is 545 g/mol. The summed E-state index contributed by atoms with van der Waals surface area (Å²) in [5.74, 6) is 1.18. The van der Waals surface area contributed by atoms with Crippen LogP contribution in [0.15, 0.2) is 70.3 Å². The number of para-hydroxylation sites is 1. The van der Waals surface area contributed by atoms with Crippen molar-refractivity contribution in [3.8, 4) is 11.5 Å². The fraction of sp³-hybridized carbons (Fsp3) is 0.292. The summed E-state index contributed by atoms with van der Waals surface area (Å²) in [7, 11) is 0. The highest BCUT2D eigenvalue weighted by Gasteiger charge is 2.22. The Balaban J connectivity index is 0.00000289. The fourth-order valence-corrected chi connectivity index (χ4v) is 3.64. The molecule has 168 valence electrons. The predicted molar refractivity (Wildman–Crippen MR) is 137 cm³/mol. The van der Waals surface area contributed by atoms with Gasteiger partial charge in [-0.15, -0.1) is 24.0 Å². The molecule has 1 aliphatic rings. The number of aromatic nitrogens is 1. The van der Waals surface area contributed by atoms with E-state index in [2.05, 4.69) is 26.7 Å². The number of oxazole rings is 1. The second-order valence-corrected chi connectivity index (χ2v) is 7.34. The normalized spacial score (nSPS) is 13.2. The van der Waals surface area contributed by atoms with Gasteiger partial charge in [-0.2, -0.15) is 0 Å². The molecule has 0 saturated heterocycles. The van der Waals surface area contributed by atoms with Crippen molar-refractivity contribution >= 4 is 41.5 Å². The summed E-state index contributed by atoms with van der Waals surface area (Å²) in [4.78, 5) is 23.8. The number of hydrogen-bond donors (Lipinski definition) is 2. The number of hydrogen-bond acceptors (Lipinski definition) is 4. The van der Waals surface area contributed by atoms with Crippen LogP contribution in [-0.2, 0) is 17.8 Å². The van der Waals surface area contributed by atoms with Gasteiger partial charge in [-0.25, -0.2) is 9.98 Å². The SMILES string of the molecule is CCNC(=NCc1coc(-c2ccccc2)n1)NCC(=O)N1CCCc2ccccc21.I. The molecule has 4 rings (SSSR count). The van der Waals surface area contributed by atoms with Gasteiger partial charge in [0.05, 0.1) is 13.1 Å². The number of rotatable bonds is 6. The number of benzene rings is 2. The Bertz CT molecular complexity index is 1050. The fourth-order valence-electron chi connectivity index (χ4n) is 3.64. The predicted octanol–water partition coefficient (Wildman–Crippen LogP) is 3.99. The molecule has 0 atom stereocenters. The third-order valence-corrected chi connectivity index (χ3v) is 5.13. The van der Waals surface area contributed by atoms with Gasteiger partial charge >= 0.3 is 0 Å². The lowest BCUT2D eigenvalue weighted by molar-refractivity contribution is -0.117. The van der Waals surface area contributed by atoms with Crippen molar-refractivity contribution < 1.29 is 9.21 Å². The highest BCUT2D eigenvalue weighted by molar-refractivity contribution is 14.0. The summed E-state index contributed by atoms with van der Waals surface area (Å²) in [5, 5.41) is 6.33. The second-order valence-electron chi connectivity index (χ2n) is 7.34. The van der Waals surface area contributed by atoms with Crippen LogP contribution in [0.2, 0.25) is 0 Å². The molecule has 3 aromatic rings. The molecular formula is C24H28IN5O2. The zero-order valence-corrected chi connectivity index (χ0v) is 20.4. The van der Waals surface area contributed by atoms with E-state index < -0.39 is 0 Å². The topological polar surface area (TPSA) is 82.8 Å². The number of amides is 1. The Hall–Kier alpha value is -2.88. The van der Waals surface area contributed by atoms with Crippen LogP contribution in [-0.4, -0.2) is 36.5 Å². The Labute approximate surface area is 205 Å². The molecular weight excluding hydrogens is 517 g/mol. The first-order valence-electron chi connectivity index (χ1n) is 10.6. The van der Waals surface area contributed by atoms with Gasteiger partial charge in [0, 0.05) is 24.3 Å². The summed E-state index contributed by atoms with van der Waals surface area (Å²) in [6.07, 6.45) is 3.61. The molecule has 1 amide bonds. The number of carbonyl (C=O) groups is 1. The van der Waals surface area contributed by atoms with Crippen LogP contribution in [0.4, 0.5) is 5.69 Å². The molecule has 7 nitrogen and oxygen atoms in total. The average molecular weight is 545 g/mol. The number of nitrogens with zero attached hydrogens (tertiary/aromatic N) is 3. The molecule has 0 unspecified atom stereocenters. The Morgan fingerprint density at radius 3 is 2.72 bits per heavy atom. The first kappa shape index (κ1) is 23.8. The van der Waals surface area contributed by atoms with Crippen molar-refractivity contribution in [2.45, 2.75) is 26.3 Å². The van der Waals surface area contributed by atoms with E-state index in [1.807, 2.05) is 60.4 Å². The molecule has 0 aliphatic carbocycles. The Morgan fingerprint density at radius 1 is 1.12 bits per heavy atom. The van der Waals surface area contributed by atoms with E-state index in [4.69, 9.17) is 4.42 Å². The Morgan fingerprint density at radius 2 is 1.91 bits per heavy atom. The maximum atomic E-state index is 12.9. The van der Waals surface area contributed by atoms with Gasteiger partial charge in [0.1, 0.15) is 12.0 Å². The van der Waals surface area contributed by atoms with E-state index in [1.54, 1.807) is 6.26 Å². The number of guanidine groups is 1. The number of nitrogens with one attached hydrogen (secondary N) is 2. The lowest BCUT2D eigenvalue weighted by Crippen LogP contribution is -2.46. The number of halogens is 1. The van der Waals surface area contributed by atoms with Gasteiger partial charge in [-0.05, 0) is 43.5 Å². The maximum Gasteiger partial charge on any atom is 0.246 e. The molecule has 0 saturated carbocycles. The number of fused-ring (bicyclic) bond motifs is 1. The largest absolute Gasteiger partial charge is 0.444 e. The van der Waals surface area contributed by atoms with Crippen LogP contribution >= 0.6 is 24.0 Å². The minimum absolute atomic E-state index is 0. The number of anilines is 1. The molecule has 1 aliphatic heterocycles. The van der Waals surface area contributed by atoms with Gasteiger partial charge in [0.25, 0.3) is 0 Å². The highest BCUT2D eigenvalue weighted by atomic mass is 127. The van der Waals surface area contributed by atoms with E-state index in [-0.39, 0.29) is 36.4 Å². The van der Waals surface area contributed by atoms with Gasteiger partial charge < -0.3 is 20.0 Å². The third kappa shape index (κ3) is 5.87. The summed E-state index contributed by atoms with van der Waals surface area (Å²) in [5.41, 5.74) is 3.89. The number of aliphatic imine (C=N–C) groups is 1. The van der Waals surface area contributed by atoms with Crippen molar-refractivity contribution in [1.82, 2.24) is 15.6 Å². The van der Waals surface area contributed by atoms with Crippen LogP contribution < -0.4 is 15.5 Å². The van der Waals surface area contributed by atoms with E-state index in [1.165, 1.54) is 5.56 Å². The maximum absolute atomic E-state index is 12.9. The molecule has 1 aromatic heterocycles. The van der Waals surface area contributed by atoms with Gasteiger partial charge in [0.2, 0.25) is 11.8 Å². The first-order chi connectivity index (χ1) is 15.2. The standard InChI is InChI=1S/C24H27N5O2.HI/c1-2-25-24(26-15-20-17-31-23(28-20)19-10-4-3-5-11-19)27-16-22(30)29-14-8-12-18-9-6-7-13-21(18)29;/h3-7,9-11,13,17H,2,8,12,14-16H2,1H3,(H2,25,26,27);1H. The van der Waals surface area contributed by atoms with Gasteiger partial charge in [-0.3, -0.25) is 4.79 Å². The third-order valence-electron chi connectivity index (χ3n) is 5.13. The van der Waals surface area contributed by atoms with E-state index in [0.29, 0.717) is 24.9 Å². The van der Waals surface area contributed by atoms with Gasteiger partial charge in [-0.1, -0.05) is 36.4 Å². The summed E-state index contributed by atoms with van der Waals surface area (Å²) >= 11 is 0.